The van der Waals surface area contributed by atoms with E-state index in [-0.39, 0.29) is 12.1 Å². The molecular weight excluding hydrogens is 240 g/mol. The van der Waals surface area contributed by atoms with Crippen molar-refractivity contribution in [1.29, 1.82) is 0 Å². The van der Waals surface area contributed by atoms with E-state index in [0.29, 0.717) is 6.61 Å². The van der Waals surface area contributed by atoms with Gasteiger partial charge in [0.15, 0.2) is 23.8 Å². The normalized spacial score (nSPS) is 45.0. The highest BCUT2D eigenvalue weighted by Gasteiger charge is 2.59. The minimum atomic E-state index is -0.762. The molecule has 18 heavy (non-hydrogen) atoms. The molecular formula is C12H18O6. The molecule has 0 saturated carbocycles. The van der Waals surface area contributed by atoms with Gasteiger partial charge >= 0.3 is 5.97 Å². The molecule has 0 amide bonds. The number of fused-ring (bicyclic) bond motifs is 1. The number of carbonyl (C=O) groups excluding carboxylic acids is 1. The van der Waals surface area contributed by atoms with Crippen LogP contribution in [0.3, 0.4) is 0 Å². The van der Waals surface area contributed by atoms with E-state index in [2.05, 4.69) is 0 Å². The third kappa shape index (κ3) is 1.93. The molecule has 0 N–H and O–H groups in total. The van der Waals surface area contributed by atoms with E-state index >= 15 is 0 Å². The molecule has 3 rings (SSSR count). The van der Waals surface area contributed by atoms with E-state index in [9.17, 15) is 4.79 Å². The van der Waals surface area contributed by atoms with Crippen LogP contribution in [0.2, 0.25) is 0 Å². The highest BCUT2D eigenvalue weighted by Crippen LogP contribution is 2.39. The molecule has 3 aliphatic heterocycles. The first-order valence-corrected chi connectivity index (χ1v) is 6.15. The van der Waals surface area contributed by atoms with Crippen LogP contribution in [0.15, 0.2) is 0 Å². The van der Waals surface area contributed by atoms with Gasteiger partial charge in [0.05, 0.1) is 6.61 Å². The monoisotopic (exact) mass is 258 g/mol. The summed E-state index contributed by atoms with van der Waals surface area (Å²) in [7, 11) is 0. The highest BCUT2D eigenvalue weighted by atomic mass is 16.8. The number of carbonyl (C=O) groups is 1. The summed E-state index contributed by atoms with van der Waals surface area (Å²) < 4.78 is 27.8. The lowest BCUT2D eigenvalue weighted by Gasteiger charge is -2.25. The van der Waals surface area contributed by atoms with Crippen molar-refractivity contribution in [2.45, 2.75) is 63.7 Å². The summed E-state index contributed by atoms with van der Waals surface area (Å²) in [4.78, 5) is 11.7. The molecule has 6 heteroatoms. The van der Waals surface area contributed by atoms with Crippen LogP contribution in [0.5, 0.6) is 0 Å². The Balaban J connectivity index is 1.77. The molecule has 0 aromatic rings. The second-order valence-electron chi connectivity index (χ2n) is 5.79. The van der Waals surface area contributed by atoms with Gasteiger partial charge in [0.1, 0.15) is 12.2 Å². The Morgan fingerprint density at radius 3 is 2.33 bits per heavy atom. The summed E-state index contributed by atoms with van der Waals surface area (Å²) in [6.07, 6.45) is -1.85. The van der Waals surface area contributed by atoms with Crippen molar-refractivity contribution in [3.05, 3.63) is 0 Å². The van der Waals surface area contributed by atoms with Crippen LogP contribution in [0.1, 0.15) is 27.7 Å². The topological polar surface area (TPSA) is 63.2 Å². The minimum Gasteiger partial charge on any atom is -0.455 e. The molecule has 6 nitrogen and oxygen atoms in total. The SMILES string of the molecule is CC1(C)OCC([C@H]2OC(=O)C3OC(C)(C)OC32)O1. The molecule has 102 valence electrons. The average Bonchev–Trinajstić information content (AvgIpc) is 2.81. The zero-order chi connectivity index (χ0) is 13.1. The number of ether oxygens (including phenoxy) is 5. The summed E-state index contributed by atoms with van der Waals surface area (Å²) in [5.41, 5.74) is 0. The van der Waals surface area contributed by atoms with E-state index in [1.54, 1.807) is 13.8 Å². The smallest absolute Gasteiger partial charge is 0.338 e. The first kappa shape index (κ1) is 12.3. The molecule has 3 unspecified atom stereocenters. The Morgan fingerprint density at radius 2 is 1.72 bits per heavy atom. The van der Waals surface area contributed by atoms with Crippen molar-refractivity contribution in [3.63, 3.8) is 0 Å². The van der Waals surface area contributed by atoms with Crippen LogP contribution >= 0.6 is 0 Å². The van der Waals surface area contributed by atoms with Gasteiger partial charge in [-0.3, -0.25) is 0 Å². The number of rotatable bonds is 1. The third-order valence-corrected chi connectivity index (χ3v) is 3.33. The van der Waals surface area contributed by atoms with E-state index in [4.69, 9.17) is 23.7 Å². The second-order valence-corrected chi connectivity index (χ2v) is 5.79. The maximum absolute atomic E-state index is 11.7. The number of esters is 1. The highest BCUT2D eigenvalue weighted by molar-refractivity contribution is 5.78. The average molecular weight is 258 g/mol. The molecule has 4 atom stereocenters. The van der Waals surface area contributed by atoms with Gasteiger partial charge in [-0.15, -0.1) is 0 Å². The summed E-state index contributed by atoms with van der Waals surface area (Å²) in [5.74, 6) is -1.80. The Labute approximate surface area is 105 Å². The largest absolute Gasteiger partial charge is 0.455 e. The molecule has 0 aromatic carbocycles. The molecule has 3 heterocycles. The standard InChI is InChI=1S/C12H18O6/c1-11(2)14-5-6(16-11)7-8-9(10(13)15-7)18-12(3,4)17-8/h6-9H,5H2,1-4H3/t6?,7-,8?,9?/m1/s1. The lowest BCUT2D eigenvalue weighted by Crippen LogP contribution is -2.40. The molecule has 0 radical (unpaired) electrons. The number of hydrogen-bond acceptors (Lipinski definition) is 6. The van der Waals surface area contributed by atoms with Gasteiger partial charge in [0, 0.05) is 0 Å². The zero-order valence-corrected chi connectivity index (χ0v) is 11.0. The quantitative estimate of drug-likeness (QED) is 0.641. The van der Waals surface area contributed by atoms with E-state index in [1.165, 1.54) is 0 Å². The fourth-order valence-corrected chi connectivity index (χ4v) is 2.64. The van der Waals surface area contributed by atoms with Gasteiger partial charge in [-0.25, -0.2) is 4.79 Å². The Kier molecular flexibility index (Phi) is 2.51. The maximum atomic E-state index is 11.7. The van der Waals surface area contributed by atoms with Crippen LogP contribution in [-0.4, -0.2) is 48.6 Å². The Bertz CT molecular complexity index is 377. The molecule has 0 spiro atoms. The van der Waals surface area contributed by atoms with Crippen molar-refractivity contribution < 1.29 is 28.5 Å². The van der Waals surface area contributed by atoms with Crippen LogP contribution in [0.25, 0.3) is 0 Å². The predicted molar refractivity (Wildman–Crippen MR) is 58.6 cm³/mol. The van der Waals surface area contributed by atoms with Crippen LogP contribution in [0.4, 0.5) is 0 Å². The minimum absolute atomic E-state index is 0.309. The molecule has 3 fully saturated rings. The lowest BCUT2D eigenvalue weighted by atomic mass is 10.1. The maximum Gasteiger partial charge on any atom is 0.338 e. The van der Waals surface area contributed by atoms with Crippen LogP contribution in [0, 0.1) is 0 Å². The fraction of sp³-hybridized carbons (Fsp3) is 0.917. The van der Waals surface area contributed by atoms with Gasteiger partial charge in [0.25, 0.3) is 0 Å². The summed E-state index contributed by atoms with van der Waals surface area (Å²) in [6.45, 7) is 7.61. The van der Waals surface area contributed by atoms with Crippen molar-refractivity contribution in [2.75, 3.05) is 6.61 Å². The van der Waals surface area contributed by atoms with Crippen LogP contribution in [-0.2, 0) is 28.5 Å². The first-order valence-electron chi connectivity index (χ1n) is 6.15. The van der Waals surface area contributed by atoms with Gasteiger partial charge < -0.3 is 23.7 Å². The fourth-order valence-electron chi connectivity index (χ4n) is 2.64. The van der Waals surface area contributed by atoms with E-state index < -0.39 is 29.9 Å². The predicted octanol–water partition coefficient (Wildman–Crippen LogP) is 0.583. The van der Waals surface area contributed by atoms with Gasteiger partial charge in [-0.05, 0) is 27.7 Å². The number of cyclic esters (lactones) is 1. The van der Waals surface area contributed by atoms with Gasteiger partial charge in [0.2, 0.25) is 0 Å². The summed E-state index contributed by atoms with van der Waals surface area (Å²) >= 11 is 0. The molecule has 3 aliphatic rings. The van der Waals surface area contributed by atoms with E-state index in [0.717, 1.165) is 0 Å². The van der Waals surface area contributed by atoms with Crippen molar-refractivity contribution >= 4 is 5.97 Å². The molecule has 0 aromatic heterocycles. The molecule has 0 bridgehead atoms. The summed E-state index contributed by atoms with van der Waals surface area (Å²) in [5, 5.41) is 0. The Hall–Kier alpha value is -0.690. The second kappa shape index (κ2) is 3.66. The lowest BCUT2D eigenvalue weighted by molar-refractivity contribution is -0.200. The van der Waals surface area contributed by atoms with Crippen LogP contribution < -0.4 is 0 Å². The van der Waals surface area contributed by atoms with Crippen molar-refractivity contribution in [2.24, 2.45) is 0 Å². The van der Waals surface area contributed by atoms with E-state index in [1.807, 2.05) is 13.8 Å². The summed E-state index contributed by atoms with van der Waals surface area (Å²) in [6, 6.07) is 0. The van der Waals surface area contributed by atoms with Gasteiger partial charge in [-0.2, -0.15) is 0 Å². The molecule has 3 saturated heterocycles. The zero-order valence-electron chi connectivity index (χ0n) is 11.0. The van der Waals surface area contributed by atoms with Crippen molar-refractivity contribution in [1.82, 2.24) is 0 Å². The number of hydrogen-bond donors (Lipinski definition) is 0. The Morgan fingerprint density at radius 1 is 1.00 bits per heavy atom. The van der Waals surface area contributed by atoms with Crippen molar-refractivity contribution in [3.8, 4) is 0 Å². The third-order valence-electron chi connectivity index (χ3n) is 3.33. The first-order chi connectivity index (χ1) is 8.27. The van der Waals surface area contributed by atoms with Gasteiger partial charge in [-0.1, -0.05) is 0 Å². The molecule has 0 aliphatic carbocycles.